The molecule has 0 aliphatic carbocycles. The summed E-state index contributed by atoms with van der Waals surface area (Å²) in [7, 11) is 0. The standard InChI is InChI=1S/C16H18N2S/c1-11-4-3-5-15(8-11)19-10-14-7-6-13(16(17)18)9-12(14)2/h3-9H,10H2,1-2H3,(H3,17,18). The van der Waals surface area contributed by atoms with E-state index in [1.807, 2.05) is 23.9 Å². The number of rotatable bonds is 4. The van der Waals surface area contributed by atoms with Gasteiger partial charge >= 0.3 is 0 Å². The monoisotopic (exact) mass is 270 g/mol. The van der Waals surface area contributed by atoms with Crippen LogP contribution in [0, 0.1) is 19.3 Å². The van der Waals surface area contributed by atoms with E-state index in [4.69, 9.17) is 11.1 Å². The molecule has 2 rings (SSSR count). The summed E-state index contributed by atoms with van der Waals surface area (Å²) in [5, 5.41) is 7.44. The molecule has 0 amide bonds. The Morgan fingerprint density at radius 3 is 2.58 bits per heavy atom. The fourth-order valence-corrected chi connectivity index (χ4v) is 2.98. The van der Waals surface area contributed by atoms with Crippen molar-refractivity contribution < 1.29 is 0 Å². The fraction of sp³-hybridized carbons (Fsp3) is 0.188. The van der Waals surface area contributed by atoms with Gasteiger partial charge in [0.2, 0.25) is 0 Å². The smallest absolute Gasteiger partial charge is 0.122 e. The van der Waals surface area contributed by atoms with Crippen molar-refractivity contribution in [3.8, 4) is 0 Å². The number of thioether (sulfide) groups is 1. The Hall–Kier alpha value is -1.74. The highest BCUT2D eigenvalue weighted by molar-refractivity contribution is 7.98. The Kier molecular flexibility index (Phi) is 4.27. The minimum absolute atomic E-state index is 0.126. The van der Waals surface area contributed by atoms with E-state index in [9.17, 15) is 0 Å². The van der Waals surface area contributed by atoms with Crippen LogP contribution in [0.25, 0.3) is 0 Å². The highest BCUT2D eigenvalue weighted by Gasteiger charge is 2.03. The first-order chi connectivity index (χ1) is 9.06. The molecule has 0 unspecified atom stereocenters. The van der Waals surface area contributed by atoms with Crippen LogP contribution in [0.1, 0.15) is 22.3 Å². The summed E-state index contributed by atoms with van der Waals surface area (Å²) in [6.07, 6.45) is 0. The molecule has 0 spiro atoms. The highest BCUT2D eigenvalue weighted by Crippen LogP contribution is 2.25. The van der Waals surface area contributed by atoms with Crippen molar-refractivity contribution in [2.75, 3.05) is 0 Å². The van der Waals surface area contributed by atoms with Crippen LogP contribution < -0.4 is 5.73 Å². The molecule has 2 aromatic rings. The maximum absolute atomic E-state index is 7.44. The Morgan fingerprint density at radius 1 is 1.16 bits per heavy atom. The van der Waals surface area contributed by atoms with E-state index in [0.717, 1.165) is 11.3 Å². The van der Waals surface area contributed by atoms with E-state index >= 15 is 0 Å². The van der Waals surface area contributed by atoms with Gasteiger partial charge in [-0.3, -0.25) is 5.41 Å². The van der Waals surface area contributed by atoms with Crippen molar-refractivity contribution in [1.29, 1.82) is 5.41 Å². The molecular formula is C16H18N2S. The largest absolute Gasteiger partial charge is 0.384 e. The van der Waals surface area contributed by atoms with Crippen LogP contribution in [0.4, 0.5) is 0 Å². The Balaban J connectivity index is 2.10. The molecule has 98 valence electrons. The number of amidine groups is 1. The van der Waals surface area contributed by atoms with Crippen molar-refractivity contribution in [2.45, 2.75) is 24.5 Å². The van der Waals surface area contributed by atoms with Gasteiger partial charge in [0.1, 0.15) is 5.84 Å². The van der Waals surface area contributed by atoms with Crippen molar-refractivity contribution in [1.82, 2.24) is 0 Å². The average molecular weight is 270 g/mol. The molecule has 0 aliphatic heterocycles. The highest BCUT2D eigenvalue weighted by atomic mass is 32.2. The van der Waals surface area contributed by atoms with Crippen LogP contribution in [-0.4, -0.2) is 5.84 Å². The van der Waals surface area contributed by atoms with Gasteiger partial charge in [-0.25, -0.2) is 0 Å². The average Bonchev–Trinajstić information content (AvgIpc) is 2.37. The molecule has 3 heteroatoms. The number of hydrogen-bond acceptors (Lipinski definition) is 2. The summed E-state index contributed by atoms with van der Waals surface area (Å²) in [6, 6.07) is 14.5. The van der Waals surface area contributed by atoms with Gasteiger partial charge in [-0.2, -0.15) is 0 Å². The maximum atomic E-state index is 7.44. The summed E-state index contributed by atoms with van der Waals surface area (Å²) in [5.41, 5.74) is 10.0. The lowest BCUT2D eigenvalue weighted by Gasteiger charge is -2.08. The third kappa shape index (κ3) is 3.61. The normalized spacial score (nSPS) is 10.4. The number of nitrogens with one attached hydrogen (secondary N) is 1. The van der Waals surface area contributed by atoms with Gasteiger partial charge in [-0.15, -0.1) is 11.8 Å². The predicted molar refractivity (Wildman–Crippen MR) is 82.9 cm³/mol. The van der Waals surface area contributed by atoms with E-state index in [1.165, 1.54) is 21.6 Å². The number of aryl methyl sites for hydroxylation is 2. The zero-order chi connectivity index (χ0) is 13.8. The summed E-state index contributed by atoms with van der Waals surface area (Å²) in [4.78, 5) is 1.29. The third-order valence-electron chi connectivity index (χ3n) is 3.04. The van der Waals surface area contributed by atoms with Gasteiger partial charge in [0.25, 0.3) is 0 Å². The lowest BCUT2D eigenvalue weighted by Crippen LogP contribution is -2.11. The molecular weight excluding hydrogens is 252 g/mol. The van der Waals surface area contributed by atoms with Crippen molar-refractivity contribution in [3.63, 3.8) is 0 Å². The van der Waals surface area contributed by atoms with Crippen LogP contribution in [0.5, 0.6) is 0 Å². The zero-order valence-corrected chi connectivity index (χ0v) is 12.1. The molecule has 0 heterocycles. The summed E-state index contributed by atoms with van der Waals surface area (Å²) < 4.78 is 0. The first-order valence-corrected chi connectivity index (χ1v) is 7.18. The molecule has 0 atom stereocenters. The zero-order valence-electron chi connectivity index (χ0n) is 11.2. The quantitative estimate of drug-likeness (QED) is 0.503. The lowest BCUT2D eigenvalue weighted by atomic mass is 10.1. The van der Waals surface area contributed by atoms with E-state index < -0.39 is 0 Å². The molecule has 2 aromatic carbocycles. The Labute approximate surface area is 118 Å². The number of nitrogen functional groups attached to an aromatic ring is 1. The van der Waals surface area contributed by atoms with Crippen LogP contribution in [0.3, 0.4) is 0 Å². The molecule has 0 saturated carbocycles. The summed E-state index contributed by atoms with van der Waals surface area (Å²) in [5.74, 6) is 1.06. The van der Waals surface area contributed by atoms with E-state index in [2.05, 4.69) is 44.2 Å². The van der Waals surface area contributed by atoms with Gasteiger partial charge in [0.05, 0.1) is 0 Å². The molecule has 0 aromatic heterocycles. The van der Waals surface area contributed by atoms with Crippen LogP contribution in [-0.2, 0) is 5.75 Å². The molecule has 0 radical (unpaired) electrons. The number of hydrogen-bond donors (Lipinski definition) is 2. The van der Waals surface area contributed by atoms with E-state index in [0.29, 0.717) is 0 Å². The van der Waals surface area contributed by atoms with Gasteiger partial charge in [-0.1, -0.05) is 29.8 Å². The molecule has 0 aliphatic rings. The first kappa shape index (κ1) is 13.7. The SMILES string of the molecule is Cc1cccc(SCc2ccc(C(=N)N)cc2C)c1. The van der Waals surface area contributed by atoms with Crippen LogP contribution >= 0.6 is 11.8 Å². The predicted octanol–water partition coefficient (Wildman–Crippen LogP) is 3.88. The summed E-state index contributed by atoms with van der Waals surface area (Å²) >= 11 is 1.83. The van der Waals surface area contributed by atoms with Crippen molar-refractivity contribution in [3.05, 3.63) is 64.7 Å². The molecule has 19 heavy (non-hydrogen) atoms. The van der Waals surface area contributed by atoms with Crippen LogP contribution in [0.15, 0.2) is 47.4 Å². The van der Waals surface area contributed by atoms with E-state index in [1.54, 1.807) is 0 Å². The molecule has 0 fully saturated rings. The Bertz CT molecular complexity index is 605. The number of benzene rings is 2. The van der Waals surface area contributed by atoms with Gasteiger partial charge in [0.15, 0.2) is 0 Å². The van der Waals surface area contributed by atoms with Crippen molar-refractivity contribution in [2.24, 2.45) is 5.73 Å². The van der Waals surface area contributed by atoms with Gasteiger partial charge < -0.3 is 5.73 Å². The molecule has 2 nitrogen and oxygen atoms in total. The lowest BCUT2D eigenvalue weighted by molar-refractivity contribution is 1.28. The van der Waals surface area contributed by atoms with Crippen molar-refractivity contribution >= 4 is 17.6 Å². The second-order valence-corrected chi connectivity index (χ2v) is 5.71. The maximum Gasteiger partial charge on any atom is 0.122 e. The minimum Gasteiger partial charge on any atom is -0.384 e. The third-order valence-corrected chi connectivity index (χ3v) is 4.08. The van der Waals surface area contributed by atoms with Gasteiger partial charge in [-0.05, 0) is 43.2 Å². The van der Waals surface area contributed by atoms with Gasteiger partial charge in [0, 0.05) is 16.2 Å². The first-order valence-electron chi connectivity index (χ1n) is 6.19. The fourth-order valence-electron chi connectivity index (χ4n) is 1.89. The molecule has 0 saturated heterocycles. The number of nitrogens with two attached hydrogens (primary N) is 1. The second kappa shape index (κ2) is 5.93. The summed E-state index contributed by atoms with van der Waals surface area (Å²) in [6.45, 7) is 4.18. The van der Waals surface area contributed by atoms with Crippen LogP contribution in [0.2, 0.25) is 0 Å². The topological polar surface area (TPSA) is 49.9 Å². The second-order valence-electron chi connectivity index (χ2n) is 4.66. The van der Waals surface area contributed by atoms with E-state index in [-0.39, 0.29) is 5.84 Å². The Morgan fingerprint density at radius 2 is 1.95 bits per heavy atom. The minimum atomic E-state index is 0.126. The molecule has 0 bridgehead atoms. The molecule has 3 N–H and O–H groups in total.